The molecule has 0 saturated carbocycles. The molecule has 0 saturated heterocycles. The van der Waals surface area contributed by atoms with Gasteiger partial charge in [0.05, 0.1) is 28.7 Å². The predicted octanol–water partition coefficient (Wildman–Crippen LogP) is 23.4. The Balaban J connectivity index is 0.000000205. The van der Waals surface area contributed by atoms with E-state index in [0.29, 0.717) is 74.1 Å². The molecular weight excluding hydrogens is 2860 g/mol. The number of carbonyl (C=O) groups is 2. The quantitative estimate of drug-likeness (QED) is 0.0407. The monoisotopic (exact) mass is 2930 g/mol. The molecule has 15 aromatic heterocycles. The molecule has 2 N–H and O–H groups in total. The van der Waals surface area contributed by atoms with Gasteiger partial charge in [0.1, 0.15) is 47.1 Å². The van der Waals surface area contributed by atoms with Gasteiger partial charge in [-0.2, -0.15) is 13.2 Å². The Morgan fingerprint density at radius 3 is 0.738 bits per heavy atom. The van der Waals surface area contributed by atoms with Crippen molar-refractivity contribution >= 4 is 11.9 Å². The summed E-state index contributed by atoms with van der Waals surface area (Å²) in [7, 11) is 0. The zero-order valence-corrected chi connectivity index (χ0v) is 90.6. The summed E-state index contributed by atoms with van der Waals surface area (Å²) >= 11 is 0. The summed E-state index contributed by atoms with van der Waals surface area (Å²) in [6.45, 7) is 20.5. The summed E-state index contributed by atoms with van der Waals surface area (Å²) in [5.74, 6) is -11.8. The van der Waals surface area contributed by atoms with E-state index in [1.807, 2.05) is 94.4 Å². The minimum absolute atomic E-state index is 0. The smallest absolute Gasteiger partial charge is 0.477 e. The molecular formula is C108H76F15N17O4Pt5-2. The van der Waals surface area contributed by atoms with Crippen LogP contribution in [0, 0.1) is 126 Å². The van der Waals surface area contributed by atoms with E-state index in [1.54, 1.807) is 162 Å². The Morgan fingerprint density at radius 2 is 0.503 bits per heavy atom. The van der Waals surface area contributed by atoms with Crippen molar-refractivity contribution in [3.05, 3.63) is 448 Å². The van der Waals surface area contributed by atoms with Crippen molar-refractivity contribution in [2.45, 2.75) is 109 Å². The van der Waals surface area contributed by atoms with E-state index in [1.165, 1.54) is 12.1 Å². The van der Waals surface area contributed by atoms with Crippen LogP contribution in [0.3, 0.4) is 0 Å². The van der Waals surface area contributed by atoms with Gasteiger partial charge in [0.15, 0.2) is 0 Å². The number of alkyl halides is 3. The summed E-state index contributed by atoms with van der Waals surface area (Å²) in [6.07, 6.45) is 0.940. The van der Waals surface area contributed by atoms with Gasteiger partial charge in [-0.1, -0.05) is 198 Å². The van der Waals surface area contributed by atoms with E-state index in [9.17, 15) is 75.4 Å². The average molecular weight is 2940 g/mol. The second-order valence-corrected chi connectivity index (χ2v) is 34.4. The van der Waals surface area contributed by atoms with Gasteiger partial charge in [-0.25, -0.2) is 45.9 Å². The number of nitrogens with zero attached hydrogens (tertiary/aromatic N) is 17. The van der Waals surface area contributed by atoms with Gasteiger partial charge in [0, 0.05) is 150 Å². The molecule has 774 valence electrons. The molecule has 18 aromatic rings. The fourth-order valence-electron chi connectivity index (χ4n) is 14.4. The Labute approximate surface area is 916 Å². The van der Waals surface area contributed by atoms with Crippen LogP contribution in [0.15, 0.2) is 249 Å². The number of carboxylic acid groups (broad SMARTS) is 2. The first-order valence-corrected chi connectivity index (χ1v) is 43.3. The fraction of sp³-hybridized carbons (Fsp3) is 0.157. The molecule has 3 aromatic carbocycles. The minimum Gasteiger partial charge on any atom is -0.477 e. The molecule has 0 aliphatic carbocycles. The van der Waals surface area contributed by atoms with Gasteiger partial charge >= 0.3 is 81.3 Å². The van der Waals surface area contributed by atoms with Crippen LogP contribution in [0.2, 0.25) is 0 Å². The third-order valence-electron chi connectivity index (χ3n) is 22.6. The molecule has 15 heterocycles. The standard InChI is InChI=1S/C25H16F4N2.C23H14F4N4.C21H17F3N6.C20H15F2N2O2.C19H14F2N3O2.5Pt/c1-25(2,23-7-3-5-21(30-23)17-11-9-15(26)13-19(17)28)24-8-4-6-22(31-24)18-12-10-16(27)14-20(18)29;1-23(2,17-7-3-5-15(28-17)13-9-11-19(24)30-21(13)26)18-8-4-6-16(29-18)14-10-12-20(25)31-22(14)27;1-14-10-12-29(27-14)18-8-4-6-15(25-18)20(2,3)16-7-5-9-19(26-16)30-13-11-17(28-30)21(22,23)24;1-20(2,18-8-4-6-16(24-18)19(25)26)17-7-3-5-15(23-17)13-10-9-12(21)11-14(13)22;1-19(2,15-8-4-6-13(23-15)18(25)26)14-7-3-5-12(22-14)11-9-10-16(20)24-17(11)21;;;;;/h3-10,13-14H,1-2H3;3-8,11-12H,1-2H3;4-11H,1-3H3;3-9,11H,1-2H3,(H,25,26);3-8,10H,1-2H3,(H,25,26);;;;;/q3*-2;2*-1;;;3*+2. The molecule has 0 radical (unpaired) electrons. The van der Waals surface area contributed by atoms with Crippen LogP contribution in [0.1, 0.15) is 159 Å². The van der Waals surface area contributed by atoms with Crippen LogP contribution in [0.4, 0.5) is 65.9 Å². The number of carboxylic acids is 2. The van der Waals surface area contributed by atoms with Crippen molar-refractivity contribution in [1.29, 1.82) is 0 Å². The molecule has 21 nitrogen and oxygen atoms in total. The van der Waals surface area contributed by atoms with Crippen molar-refractivity contribution in [1.82, 2.24) is 84.4 Å². The zero-order valence-electron chi connectivity index (χ0n) is 79.2. The Kier molecular flexibility index (Phi) is 40.0. The molecule has 0 spiro atoms. The molecule has 0 unspecified atom stereocenters. The van der Waals surface area contributed by atoms with Crippen LogP contribution in [-0.2, 0) is 139 Å². The van der Waals surface area contributed by atoms with Crippen LogP contribution < -0.4 is 0 Å². The van der Waals surface area contributed by atoms with E-state index < -0.39 is 121 Å². The molecule has 41 heteroatoms. The van der Waals surface area contributed by atoms with Crippen molar-refractivity contribution in [3.63, 3.8) is 0 Å². The number of rotatable bonds is 20. The molecule has 149 heavy (non-hydrogen) atoms. The van der Waals surface area contributed by atoms with Gasteiger partial charge in [0.2, 0.25) is 0 Å². The maximum Gasteiger partial charge on any atom is 2.00 e. The zero-order chi connectivity index (χ0) is 104. The van der Waals surface area contributed by atoms with Crippen LogP contribution in [0.25, 0.3) is 79.2 Å². The first-order valence-electron chi connectivity index (χ1n) is 43.3. The van der Waals surface area contributed by atoms with Crippen LogP contribution >= 0.6 is 0 Å². The normalized spacial score (nSPS) is 11.3. The van der Waals surface area contributed by atoms with Gasteiger partial charge in [-0.3, -0.25) is 61.5 Å². The molecule has 0 bridgehead atoms. The van der Waals surface area contributed by atoms with Crippen molar-refractivity contribution in [2.24, 2.45) is 0 Å². The summed E-state index contributed by atoms with van der Waals surface area (Å²) < 4.78 is 204. The second-order valence-electron chi connectivity index (χ2n) is 34.4. The van der Waals surface area contributed by atoms with Crippen molar-refractivity contribution in [3.8, 4) is 79.2 Å². The molecule has 0 atom stereocenters. The number of hydrogen-bond acceptors (Lipinski definition) is 17. The summed E-state index contributed by atoms with van der Waals surface area (Å²) in [5.41, 5.74) is 3.41. The molecule has 18 rings (SSSR count). The molecule has 0 aliphatic heterocycles. The van der Waals surface area contributed by atoms with Crippen molar-refractivity contribution in [2.75, 3.05) is 0 Å². The van der Waals surface area contributed by atoms with Gasteiger partial charge < -0.3 is 49.5 Å². The number of pyridine rings is 13. The van der Waals surface area contributed by atoms with Crippen LogP contribution in [0.5, 0.6) is 0 Å². The van der Waals surface area contributed by atoms with E-state index in [4.69, 9.17) is 15.2 Å². The number of aromatic carboxylic acids is 2. The number of halogens is 15. The summed E-state index contributed by atoms with van der Waals surface area (Å²) in [5, 5.41) is 26.1. The SMILES string of the molecule is CC(C)(c1cccc(-c2[c-]cc(F)cc2F)n1)c1cccc(-c2[c-]cc(F)cc2F)n1.CC(C)(c1cccc(-c2[c-]cc(F)nc2F)n1)c1cccc(-c2[c-]cc(F)nc2F)n1.CC(C)(c1cccc(C(=O)O)n1)c1cccc(-c2[c-]cc(F)cc2F)n1.CC(C)(c1cccc(C(=O)O)n1)c1cccc(-c2[c-]cc(F)nc2F)n1.Cc1c[c-]n(-c2cccc(C(C)(C)c3cccc(-n4[c-]cc(C(F)(F)F)n4)n3)n2)n1.[Pt+2].[Pt+2].[Pt+2].[Pt].[Pt]. The molecule has 0 fully saturated rings. The summed E-state index contributed by atoms with van der Waals surface area (Å²) in [6, 6.07) is 76.4. The van der Waals surface area contributed by atoms with Gasteiger partial charge in [-0.05, 0) is 182 Å². The van der Waals surface area contributed by atoms with E-state index in [2.05, 4.69) is 119 Å². The van der Waals surface area contributed by atoms with E-state index in [0.717, 1.165) is 76.7 Å². The topological polar surface area (TPSA) is 278 Å². The first kappa shape index (κ1) is 119. The molecule has 0 amide bonds. The fourth-order valence-corrected chi connectivity index (χ4v) is 14.4. The largest absolute Gasteiger partial charge is 2.00 e. The second kappa shape index (κ2) is 50.1. The third-order valence-corrected chi connectivity index (χ3v) is 22.6. The number of benzene rings is 3. The molecule has 0 aliphatic rings. The van der Waals surface area contributed by atoms with Crippen LogP contribution in [-0.4, -0.2) is 107 Å². The van der Waals surface area contributed by atoms with E-state index >= 15 is 0 Å². The van der Waals surface area contributed by atoms with Crippen molar-refractivity contribution < 1.29 is 191 Å². The predicted molar refractivity (Wildman–Crippen MR) is 497 cm³/mol. The number of hydrogen-bond donors (Lipinski definition) is 2. The number of aromatic nitrogens is 17. The maximum atomic E-state index is 14.2. The number of aryl methyl sites for hydroxylation is 1. The Hall–Kier alpha value is -13.6. The Bertz CT molecular complexity index is 7290. The minimum atomic E-state index is -4.54. The maximum absolute atomic E-state index is 14.2. The average Bonchev–Trinajstić information content (AvgIpc) is 1.63. The van der Waals surface area contributed by atoms with Gasteiger partial charge in [0.25, 0.3) is 0 Å². The van der Waals surface area contributed by atoms with E-state index in [-0.39, 0.29) is 173 Å². The first-order chi connectivity index (χ1) is 68.2. The third kappa shape index (κ3) is 28.3. The summed E-state index contributed by atoms with van der Waals surface area (Å²) in [4.78, 5) is 76.4. The van der Waals surface area contributed by atoms with Gasteiger partial charge in [-0.15, -0.1) is 66.7 Å². The Morgan fingerprint density at radius 1 is 0.275 bits per heavy atom.